The van der Waals surface area contributed by atoms with Crippen LogP contribution < -0.4 is 0 Å². The molecule has 0 spiro atoms. The lowest BCUT2D eigenvalue weighted by molar-refractivity contribution is -0.134. The number of aliphatic carboxylic acids is 2. The van der Waals surface area contributed by atoms with Crippen LogP contribution in [0.1, 0.15) is 19.3 Å². The summed E-state index contributed by atoms with van der Waals surface area (Å²) >= 11 is 0. The zero-order chi connectivity index (χ0) is 12.8. The minimum Gasteiger partial charge on any atom is -0.478 e. The first-order valence-electron chi connectivity index (χ1n) is 5.53. The standard InChI is InChI=1S/C8H13N.C4H4O4/c1-9-7-3-2-4-8(9)6-5-7;5-3(6)1-2-4(7)8/h2-3,7-8H,4-6H2,1H3;1-2H,(H,5,6)(H,7,8)/b;2-1+. The van der Waals surface area contributed by atoms with Crippen molar-refractivity contribution in [3.63, 3.8) is 0 Å². The van der Waals surface area contributed by atoms with Crippen LogP contribution in [0.4, 0.5) is 0 Å². The number of carboxylic acids is 2. The van der Waals surface area contributed by atoms with Crippen LogP contribution in [-0.2, 0) is 9.59 Å². The number of likely N-dealkylation sites (N-methyl/N-ethyl adjacent to an activating group) is 1. The Morgan fingerprint density at radius 3 is 2.24 bits per heavy atom. The first kappa shape index (κ1) is 13.4. The first-order chi connectivity index (χ1) is 8.00. The lowest BCUT2D eigenvalue weighted by Gasteiger charge is -2.26. The van der Waals surface area contributed by atoms with Gasteiger partial charge in [-0.2, -0.15) is 0 Å². The van der Waals surface area contributed by atoms with Gasteiger partial charge in [-0.05, 0) is 26.3 Å². The summed E-state index contributed by atoms with van der Waals surface area (Å²) in [6.07, 6.45) is 9.88. The second-order valence-electron chi connectivity index (χ2n) is 4.14. The molecule has 2 rings (SSSR count). The molecule has 2 N–H and O–H groups in total. The molecule has 0 saturated carbocycles. The number of carbonyl (C=O) groups is 2. The zero-order valence-corrected chi connectivity index (χ0v) is 9.74. The lowest BCUT2D eigenvalue weighted by atomic mass is 10.1. The van der Waals surface area contributed by atoms with Crippen LogP contribution in [0.15, 0.2) is 24.3 Å². The van der Waals surface area contributed by atoms with Gasteiger partial charge in [0, 0.05) is 24.2 Å². The molecule has 2 unspecified atom stereocenters. The highest BCUT2D eigenvalue weighted by atomic mass is 16.4. The molecule has 2 bridgehead atoms. The SMILES string of the molecule is CN1C2C=CCC1CC2.O=C(O)/C=C/C(=O)O. The van der Waals surface area contributed by atoms with Gasteiger partial charge >= 0.3 is 11.9 Å². The molecule has 2 heterocycles. The molecule has 1 saturated heterocycles. The molecule has 0 aromatic heterocycles. The molecule has 0 radical (unpaired) electrons. The summed E-state index contributed by atoms with van der Waals surface area (Å²) in [5.41, 5.74) is 0. The number of rotatable bonds is 2. The van der Waals surface area contributed by atoms with Crippen molar-refractivity contribution in [2.45, 2.75) is 31.3 Å². The molecule has 2 atom stereocenters. The fraction of sp³-hybridized carbons (Fsp3) is 0.500. The second-order valence-corrected chi connectivity index (χ2v) is 4.14. The molecule has 0 aromatic rings. The van der Waals surface area contributed by atoms with Gasteiger partial charge in [0.1, 0.15) is 0 Å². The molecule has 2 aliphatic heterocycles. The number of hydrogen-bond donors (Lipinski definition) is 2. The number of fused-ring (bicyclic) bond motifs is 2. The number of carboxylic acid groups (broad SMARTS) is 2. The highest BCUT2D eigenvalue weighted by Gasteiger charge is 2.29. The summed E-state index contributed by atoms with van der Waals surface area (Å²) in [5.74, 6) is -2.51. The molecule has 0 aliphatic carbocycles. The molecule has 5 heteroatoms. The number of hydrogen-bond acceptors (Lipinski definition) is 3. The molecule has 0 aromatic carbocycles. The van der Waals surface area contributed by atoms with Crippen LogP contribution in [-0.4, -0.2) is 46.2 Å². The molecule has 17 heavy (non-hydrogen) atoms. The van der Waals surface area contributed by atoms with Crippen LogP contribution in [0.5, 0.6) is 0 Å². The van der Waals surface area contributed by atoms with Gasteiger partial charge in [-0.15, -0.1) is 0 Å². The Kier molecular flexibility index (Phi) is 4.90. The van der Waals surface area contributed by atoms with E-state index >= 15 is 0 Å². The van der Waals surface area contributed by atoms with Crippen LogP contribution in [0.25, 0.3) is 0 Å². The average Bonchev–Trinajstić information content (AvgIpc) is 2.52. The fourth-order valence-corrected chi connectivity index (χ4v) is 2.09. The summed E-state index contributed by atoms with van der Waals surface area (Å²) in [5, 5.41) is 15.6. The topological polar surface area (TPSA) is 77.8 Å². The highest BCUT2D eigenvalue weighted by Crippen LogP contribution is 2.29. The van der Waals surface area contributed by atoms with Gasteiger partial charge in [0.05, 0.1) is 0 Å². The van der Waals surface area contributed by atoms with E-state index in [0.717, 1.165) is 12.1 Å². The first-order valence-corrected chi connectivity index (χ1v) is 5.53. The zero-order valence-electron chi connectivity index (χ0n) is 9.74. The maximum atomic E-state index is 9.55. The minimum atomic E-state index is -1.26. The molecular formula is C12H17NO4. The molecule has 2 aliphatic rings. The Balaban J connectivity index is 0.000000172. The number of nitrogens with zero attached hydrogens (tertiary/aromatic N) is 1. The molecule has 5 nitrogen and oxygen atoms in total. The van der Waals surface area contributed by atoms with Gasteiger partial charge in [-0.1, -0.05) is 12.2 Å². The highest BCUT2D eigenvalue weighted by molar-refractivity contribution is 5.89. The smallest absolute Gasteiger partial charge is 0.328 e. The Hall–Kier alpha value is -1.62. The van der Waals surface area contributed by atoms with Gasteiger partial charge in [0.25, 0.3) is 0 Å². The van der Waals surface area contributed by atoms with Crippen molar-refractivity contribution in [1.82, 2.24) is 4.90 Å². The van der Waals surface area contributed by atoms with Crippen LogP contribution in [0, 0.1) is 0 Å². The van der Waals surface area contributed by atoms with Gasteiger partial charge in [-0.25, -0.2) is 9.59 Å². The maximum absolute atomic E-state index is 9.55. The summed E-state index contributed by atoms with van der Waals surface area (Å²) in [6, 6.07) is 1.66. The third-order valence-corrected chi connectivity index (χ3v) is 3.03. The van der Waals surface area contributed by atoms with Crippen molar-refractivity contribution >= 4 is 11.9 Å². The predicted octanol–water partition coefficient (Wildman–Crippen LogP) is 1.12. The van der Waals surface area contributed by atoms with Gasteiger partial charge in [0.2, 0.25) is 0 Å². The third kappa shape index (κ3) is 4.40. The predicted molar refractivity (Wildman–Crippen MR) is 62.7 cm³/mol. The average molecular weight is 239 g/mol. The Bertz CT molecular complexity index is 332. The monoisotopic (exact) mass is 239 g/mol. The van der Waals surface area contributed by atoms with Gasteiger partial charge < -0.3 is 10.2 Å². The van der Waals surface area contributed by atoms with Crippen molar-refractivity contribution in [2.75, 3.05) is 7.05 Å². The molecule has 0 amide bonds. The quantitative estimate of drug-likeness (QED) is 0.557. The van der Waals surface area contributed by atoms with E-state index in [1.54, 1.807) is 0 Å². The van der Waals surface area contributed by atoms with Gasteiger partial charge in [0.15, 0.2) is 0 Å². The van der Waals surface area contributed by atoms with E-state index in [4.69, 9.17) is 10.2 Å². The van der Waals surface area contributed by atoms with Crippen LogP contribution in [0.3, 0.4) is 0 Å². The summed E-state index contributed by atoms with van der Waals surface area (Å²) in [4.78, 5) is 21.6. The van der Waals surface area contributed by atoms with E-state index in [-0.39, 0.29) is 0 Å². The van der Waals surface area contributed by atoms with E-state index in [1.165, 1.54) is 19.3 Å². The van der Waals surface area contributed by atoms with E-state index in [0.29, 0.717) is 12.2 Å². The van der Waals surface area contributed by atoms with E-state index < -0.39 is 11.9 Å². The van der Waals surface area contributed by atoms with E-state index in [9.17, 15) is 9.59 Å². The molecule has 1 fully saturated rings. The Morgan fingerprint density at radius 1 is 1.24 bits per heavy atom. The Morgan fingerprint density at radius 2 is 1.82 bits per heavy atom. The second kappa shape index (κ2) is 6.20. The van der Waals surface area contributed by atoms with Crippen molar-refractivity contribution in [2.24, 2.45) is 0 Å². The summed E-state index contributed by atoms with van der Waals surface area (Å²) < 4.78 is 0. The third-order valence-electron chi connectivity index (χ3n) is 3.03. The van der Waals surface area contributed by atoms with Crippen molar-refractivity contribution in [3.05, 3.63) is 24.3 Å². The maximum Gasteiger partial charge on any atom is 0.328 e. The summed E-state index contributed by atoms with van der Waals surface area (Å²) in [6.45, 7) is 0. The van der Waals surface area contributed by atoms with Crippen molar-refractivity contribution in [1.29, 1.82) is 0 Å². The molecular weight excluding hydrogens is 222 g/mol. The van der Waals surface area contributed by atoms with Crippen molar-refractivity contribution in [3.8, 4) is 0 Å². The van der Waals surface area contributed by atoms with Crippen molar-refractivity contribution < 1.29 is 19.8 Å². The molecule has 94 valence electrons. The van der Waals surface area contributed by atoms with Crippen LogP contribution in [0.2, 0.25) is 0 Å². The summed E-state index contributed by atoms with van der Waals surface area (Å²) in [7, 11) is 2.24. The normalized spacial score (nSPS) is 26.6. The lowest BCUT2D eigenvalue weighted by Crippen LogP contribution is -2.33. The van der Waals surface area contributed by atoms with E-state index in [2.05, 4.69) is 24.1 Å². The fourth-order valence-electron chi connectivity index (χ4n) is 2.09. The largest absolute Gasteiger partial charge is 0.478 e. The van der Waals surface area contributed by atoms with E-state index in [1.807, 2.05) is 0 Å². The van der Waals surface area contributed by atoms with Crippen LogP contribution >= 0.6 is 0 Å². The Labute approximate surface area is 100 Å². The minimum absolute atomic E-state index is 0.558. The van der Waals surface area contributed by atoms with Gasteiger partial charge in [-0.3, -0.25) is 4.90 Å².